The molecule has 3 aromatic carbocycles. The highest BCUT2D eigenvalue weighted by Gasteiger charge is 2.25. The molecule has 0 spiro atoms. The molecule has 1 heterocycles. The van der Waals surface area contributed by atoms with Crippen LogP contribution >= 0.6 is 0 Å². The molecule has 1 amide bonds. The van der Waals surface area contributed by atoms with E-state index in [1.54, 1.807) is 42.5 Å². The van der Waals surface area contributed by atoms with Crippen LogP contribution in [-0.2, 0) is 21.4 Å². The SMILES string of the molecule is CCS(=O)(=O)N(CC(=O)Nc1ccc(OCc2ccccc2)cc1)c1ccc2c(c1)OCCO2. The van der Waals surface area contributed by atoms with Gasteiger partial charge < -0.3 is 19.5 Å². The average molecular weight is 483 g/mol. The summed E-state index contributed by atoms with van der Waals surface area (Å²) in [4.78, 5) is 12.7. The van der Waals surface area contributed by atoms with Crippen molar-refractivity contribution in [2.75, 3.05) is 35.1 Å². The molecule has 4 rings (SSSR count). The summed E-state index contributed by atoms with van der Waals surface area (Å²) in [7, 11) is -3.71. The molecule has 34 heavy (non-hydrogen) atoms. The van der Waals surface area contributed by atoms with Crippen LogP contribution in [0.3, 0.4) is 0 Å². The van der Waals surface area contributed by atoms with Crippen molar-refractivity contribution < 1.29 is 27.4 Å². The first-order chi connectivity index (χ1) is 16.4. The smallest absolute Gasteiger partial charge is 0.245 e. The minimum Gasteiger partial charge on any atom is -0.489 e. The molecule has 0 aromatic heterocycles. The molecular formula is C25H26N2O6S. The summed E-state index contributed by atoms with van der Waals surface area (Å²) in [5.41, 5.74) is 1.93. The maximum atomic E-state index is 12.7. The number of amides is 1. The predicted octanol–water partition coefficient (Wildman–Crippen LogP) is 3.83. The van der Waals surface area contributed by atoms with Gasteiger partial charge in [0.1, 0.15) is 32.1 Å². The zero-order valence-electron chi connectivity index (χ0n) is 18.8. The first-order valence-electron chi connectivity index (χ1n) is 10.9. The van der Waals surface area contributed by atoms with Gasteiger partial charge in [0.15, 0.2) is 11.5 Å². The highest BCUT2D eigenvalue weighted by molar-refractivity contribution is 7.92. The van der Waals surface area contributed by atoms with E-state index in [0.29, 0.717) is 48.4 Å². The number of rotatable bonds is 9. The number of sulfonamides is 1. The fourth-order valence-electron chi connectivity index (χ4n) is 3.40. The van der Waals surface area contributed by atoms with Crippen molar-refractivity contribution in [2.45, 2.75) is 13.5 Å². The quantitative estimate of drug-likeness (QED) is 0.498. The lowest BCUT2D eigenvalue weighted by molar-refractivity contribution is -0.114. The van der Waals surface area contributed by atoms with Gasteiger partial charge in [0.05, 0.1) is 11.4 Å². The Morgan fingerprint density at radius 1 is 0.971 bits per heavy atom. The molecule has 0 radical (unpaired) electrons. The number of nitrogens with zero attached hydrogens (tertiary/aromatic N) is 1. The van der Waals surface area contributed by atoms with Crippen LogP contribution in [0.1, 0.15) is 12.5 Å². The molecule has 0 fully saturated rings. The Balaban J connectivity index is 1.42. The van der Waals surface area contributed by atoms with Crippen LogP contribution < -0.4 is 23.8 Å². The Kier molecular flexibility index (Phi) is 7.22. The number of ether oxygens (including phenoxy) is 3. The van der Waals surface area contributed by atoms with E-state index in [2.05, 4.69) is 5.32 Å². The lowest BCUT2D eigenvalue weighted by Gasteiger charge is -2.25. The number of hydrogen-bond donors (Lipinski definition) is 1. The van der Waals surface area contributed by atoms with Gasteiger partial charge in [0.25, 0.3) is 0 Å². The number of fused-ring (bicyclic) bond motifs is 1. The Morgan fingerprint density at radius 3 is 2.38 bits per heavy atom. The maximum absolute atomic E-state index is 12.7. The van der Waals surface area contributed by atoms with E-state index >= 15 is 0 Å². The zero-order valence-corrected chi connectivity index (χ0v) is 19.6. The molecule has 1 N–H and O–H groups in total. The van der Waals surface area contributed by atoms with Crippen molar-refractivity contribution in [2.24, 2.45) is 0 Å². The fourth-order valence-corrected chi connectivity index (χ4v) is 4.46. The van der Waals surface area contributed by atoms with Crippen molar-refractivity contribution >= 4 is 27.3 Å². The second kappa shape index (κ2) is 10.5. The van der Waals surface area contributed by atoms with Crippen molar-refractivity contribution in [1.82, 2.24) is 0 Å². The molecule has 0 atom stereocenters. The van der Waals surface area contributed by atoms with Gasteiger partial charge in [0.2, 0.25) is 15.9 Å². The van der Waals surface area contributed by atoms with E-state index in [4.69, 9.17) is 14.2 Å². The van der Waals surface area contributed by atoms with Gasteiger partial charge in [-0.25, -0.2) is 8.42 Å². The number of nitrogens with one attached hydrogen (secondary N) is 1. The second-order valence-electron chi connectivity index (χ2n) is 7.58. The van der Waals surface area contributed by atoms with E-state index in [9.17, 15) is 13.2 Å². The molecule has 0 unspecified atom stereocenters. The molecule has 0 bridgehead atoms. The Morgan fingerprint density at radius 2 is 1.68 bits per heavy atom. The lowest BCUT2D eigenvalue weighted by Crippen LogP contribution is -2.39. The monoisotopic (exact) mass is 482 g/mol. The summed E-state index contributed by atoms with van der Waals surface area (Å²) < 4.78 is 43.4. The Labute approximate surface area is 199 Å². The molecule has 1 aliphatic rings. The summed E-state index contributed by atoms with van der Waals surface area (Å²) in [5, 5.41) is 2.75. The molecule has 0 aliphatic carbocycles. The van der Waals surface area contributed by atoms with Crippen LogP contribution in [0.2, 0.25) is 0 Å². The highest BCUT2D eigenvalue weighted by Crippen LogP contribution is 2.34. The number of carbonyl (C=O) groups excluding carboxylic acids is 1. The number of benzene rings is 3. The van der Waals surface area contributed by atoms with E-state index < -0.39 is 15.9 Å². The summed E-state index contributed by atoms with van der Waals surface area (Å²) in [6.07, 6.45) is 0. The van der Waals surface area contributed by atoms with E-state index in [-0.39, 0.29) is 12.3 Å². The molecule has 0 saturated carbocycles. The third-order valence-electron chi connectivity index (χ3n) is 5.19. The van der Waals surface area contributed by atoms with Crippen molar-refractivity contribution in [1.29, 1.82) is 0 Å². The largest absolute Gasteiger partial charge is 0.489 e. The molecule has 9 heteroatoms. The van der Waals surface area contributed by atoms with Crippen molar-refractivity contribution in [3.63, 3.8) is 0 Å². The van der Waals surface area contributed by atoms with Gasteiger partial charge in [-0.15, -0.1) is 0 Å². The zero-order chi connectivity index (χ0) is 24.0. The van der Waals surface area contributed by atoms with Crippen LogP contribution in [0, 0.1) is 0 Å². The Hall–Kier alpha value is -3.72. The van der Waals surface area contributed by atoms with Crippen LogP contribution in [0.5, 0.6) is 17.2 Å². The number of carbonyl (C=O) groups is 1. The summed E-state index contributed by atoms with van der Waals surface area (Å²) in [5.74, 6) is 1.04. The van der Waals surface area contributed by atoms with Crippen molar-refractivity contribution in [3.8, 4) is 17.2 Å². The molecule has 3 aromatic rings. The third kappa shape index (κ3) is 5.79. The van der Waals surface area contributed by atoms with Crippen LogP contribution in [0.4, 0.5) is 11.4 Å². The molecule has 1 aliphatic heterocycles. The maximum Gasteiger partial charge on any atom is 0.245 e. The van der Waals surface area contributed by atoms with Gasteiger partial charge in [-0.05, 0) is 48.9 Å². The summed E-state index contributed by atoms with van der Waals surface area (Å²) in [6.45, 7) is 2.41. The van der Waals surface area contributed by atoms with Crippen LogP contribution in [-0.4, -0.2) is 39.8 Å². The van der Waals surface area contributed by atoms with Crippen molar-refractivity contribution in [3.05, 3.63) is 78.4 Å². The topological polar surface area (TPSA) is 94.2 Å². The van der Waals surface area contributed by atoms with E-state index in [1.807, 2.05) is 30.3 Å². The predicted molar refractivity (Wildman–Crippen MR) is 130 cm³/mol. The lowest BCUT2D eigenvalue weighted by atomic mass is 10.2. The third-order valence-corrected chi connectivity index (χ3v) is 6.93. The minimum atomic E-state index is -3.71. The van der Waals surface area contributed by atoms with Gasteiger partial charge in [-0.1, -0.05) is 30.3 Å². The van der Waals surface area contributed by atoms with E-state index in [1.165, 1.54) is 6.92 Å². The van der Waals surface area contributed by atoms with Crippen LogP contribution in [0.15, 0.2) is 72.8 Å². The van der Waals surface area contributed by atoms with Gasteiger partial charge in [-0.2, -0.15) is 0 Å². The number of anilines is 2. The number of hydrogen-bond acceptors (Lipinski definition) is 6. The van der Waals surface area contributed by atoms with Gasteiger partial charge >= 0.3 is 0 Å². The first kappa shape index (κ1) is 23.4. The normalized spacial score (nSPS) is 12.6. The Bertz CT molecular complexity index is 1230. The molecule has 178 valence electrons. The van der Waals surface area contributed by atoms with Crippen LogP contribution in [0.25, 0.3) is 0 Å². The first-order valence-corrected chi connectivity index (χ1v) is 12.5. The average Bonchev–Trinajstić information content (AvgIpc) is 2.87. The minimum absolute atomic E-state index is 0.151. The second-order valence-corrected chi connectivity index (χ2v) is 9.76. The summed E-state index contributed by atoms with van der Waals surface area (Å²) in [6, 6.07) is 21.5. The summed E-state index contributed by atoms with van der Waals surface area (Å²) >= 11 is 0. The molecule has 8 nitrogen and oxygen atoms in total. The standard InChI is InChI=1S/C25H26N2O6S/c1-2-34(29,30)27(21-10-13-23-24(16-21)32-15-14-31-23)17-25(28)26-20-8-11-22(12-9-20)33-18-19-6-4-3-5-7-19/h3-13,16H,2,14-15,17-18H2,1H3,(H,26,28). The molecular weight excluding hydrogens is 456 g/mol. The van der Waals surface area contributed by atoms with Gasteiger partial charge in [-0.3, -0.25) is 9.10 Å². The highest BCUT2D eigenvalue weighted by atomic mass is 32.2. The molecule has 0 saturated heterocycles. The fraction of sp³-hybridized carbons (Fsp3) is 0.240. The van der Waals surface area contributed by atoms with E-state index in [0.717, 1.165) is 9.87 Å². The van der Waals surface area contributed by atoms with Gasteiger partial charge in [0, 0.05) is 11.8 Å².